The van der Waals surface area contributed by atoms with Gasteiger partial charge in [-0.15, -0.1) is 0 Å². The fraction of sp³-hybridized carbons (Fsp3) is 0.0588. The average Bonchev–Trinajstić information content (AvgIpc) is 2.38. The van der Waals surface area contributed by atoms with E-state index in [-0.39, 0.29) is 0 Å². The lowest BCUT2D eigenvalue weighted by molar-refractivity contribution is 1.47. The Morgan fingerprint density at radius 3 is 1.88 bits per heavy atom. The van der Waals surface area contributed by atoms with Crippen molar-refractivity contribution in [3.8, 4) is 11.1 Å². The van der Waals surface area contributed by atoms with Crippen LogP contribution in [-0.4, -0.2) is 0 Å². The number of aryl methyl sites for hydroxylation is 1. The van der Waals surface area contributed by atoms with Gasteiger partial charge in [0, 0.05) is 0 Å². The molecule has 17 heavy (non-hydrogen) atoms. The molecule has 0 aliphatic rings. The van der Waals surface area contributed by atoms with Crippen LogP contribution >= 0.6 is 0 Å². The van der Waals surface area contributed by atoms with Crippen LogP contribution in [0.3, 0.4) is 0 Å². The van der Waals surface area contributed by atoms with Gasteiger partial charge in [0.1, 0.15) is 0 Å². The third-order valence-corrected chi connectivity index (χ3v) is 2.72. The minimum atomic E-state index is 1.20. The predicted molar refractivity (Wildman–Crippen MR) is 75.8 cm³/mol. The van der Waals surface area contributed by atoms with Crippen molar-refractivity contribution in [2.45, 2.75) is 6.92 Å². The molecule has 0 unspecified atom stereocenters. The average molecular weight is 220 g/mol. The maximum Gasteiger partial charge on any atom is -0.0184 e. The van der Waals surface area contributed by atoms with Gasteiger partial charge in [-0.3, -0.25) is 0 Å². The van der Waals surface area contributed by atoms with Crippen molar-refractivity contribution in [3.05, 3.63) is 78.4 Å². The quantitative estimate of drug-likeness (QED) is 0.648. The minimum absolute atomic E-state index is 1.20. The van der Waals surface area contributed by atoms with Gasteiger partial charge in [-0.05, 0) is 23.6 Å². The highest BCUT2D eigenvalue weighted by Gasteiger charge is 1.96. The maximum absolute atomic E-state index is 3.66. The smallest absolute Gasteiger partial charge is 0.0184 e. The standard InChI is InChI=1S/C17H16/c1-3-4-5-15-8-12-17(13-9-15)16-10-6-14(2)7-11-16/h3-13H,1H2,2H3/b5-4+. The van der Waals surface area contributed by atoms with Crippen LogP contribution in [0.15, 0.2) is 67.3 Å². The van der Waals surface area contributed by atoms with Crippen LogP contribution < -0.4 is 0 Å². The van der Waals surface area contributed by atoms with Gasteiger partial charge in [0.15, 0.2) is 0 Å². The molecule has 0 fully saturated rings. The summed E-state index contributed by atoms with van der Waals surface area (Å²) in [4.78, 5) is 0. The fourth-order valence-electron chi connectivity index (χ4n) is 1.71. The summed E-state index contributed by atoms with van der Waals surface area (Å²) in [6.07, 6.45) is 5.78. The normalized spacial score (nSPS) is 10.6. The van der Waals surface area contributed by atoms with Crippen LogP contribution in [-0.2, 0) is 0 Å². The van der Waals surface area contributed by atoms with E-state index in [1.165, 1.54) is 22.3 Å². The van der Waals surface area contributed by atoms with Gasteiger partial charge < -0.3 is 0 Å². The number of hydrogen-bond acceptors (Lipinski definition) is 0. The summed E-state index contributed by atoms with van der Waals surface area (Å²) in [6, 6.07) is 17.1. The molecule has 0 heteroatoms. The maximum atomic E-state index is 3.66. The Hall–Kier alpha value is -2.08. The first-order valence-electron chi connectivity index (χ1n) is 5.76. The minimum Gasteiger partial charge on any atom is -0.0991 e. The van der Waals surface area contributed by atoms with E-state index in [9.17, 15) is 0 Å². The van der Waals surface area contributed by atoms with Gasteiger partial charge in [-0.1, -0.05) is 78.9 Å². The molecule has 0 aromatic heterocycles. The topological polar surface area (TPSA) is 0 Å². The summed E-state index contributed by atoms with van der Waals surface area (Å²) < 4.78 is 0. The summed E-state index contributed by atoms with van der Waals surface area (Å²) in [7, 11) is 0. The lowest BCUT2D eigenvalue weighted by Gasteiger charge is -2.02. The summed E-state index contributed by atoms with van der Waals surface area (Å²) in [6.45, 7) is 5.77. The Morgan fingerprint density at radius 1 is 0.824 bits per heavy atom. The van der Waals surface area contributed by atoms with Gasteiger partial charge in [-0.2, -0.15) is 0 Å². The summed E-state index contributed by atoms with van der Waals surface area (Å²) in [5.74, 6) is 0. The zero-order valence-electron chi connectivity index (χ0n) is 10.1. The van der Waals surface area contributed by atoms with E-state index in [0.717, 1.165) is 0 Å². The van der Waals surface area contributed by atoms with E-state index in [1.54, 1.807) is 6.08 Å². The van der Waals surface area contributed by atoms with Crippen molar-refractivity contribution in [3.63, 3.8) is 0 Å². The van der Waals surface area contributed by atoms with Crippen LogP contribution in [0.2, 0.25) is 0 Å². The Labute approximate surface area is 103 Å². The highest BCUT2D eigenvalue weighted by Crippen LogP contribution is 2.20. The molecule has 0 atom stereocenters. The molecule has 0 bridgehead atoms. The molecule has 0 aliphatic heterocycles. The third-order valence-electron chi connectivity index (χ3n) is 2.72. The van der Waals surface area contributed by atoms with E-state index < -0.39 is 0 Å². The number of rotatable bonds is 3. The van der Waals surface area contributed by atoms with Crippen molar-refractivity contribution in [2.24, 2.45) is 0 Å². The highest BCUT2D eigenvalue weighted by molar-refractivity contribution is 5.66. The second-order valence-electron chi connectivity index (χ2n) is 4.08. The molecule has 0 saturated heterocycles. The van der Waals surface area contributed by atoms with Crippen LogP contribution in [0.5, 0.6) is 0 Å². The van der Waals surface area contributed by atoms with E-state index in [4.69, 9.17) is 0 Å². The summed E-state index contributed by atoms with van der Waals surface area (Å²) >= 11 is 0. The predicted octanol–water partition coefficient (Wildman–Crippen LogP) is 4.86. The van der Waals surface area contributed by atoms with Crippen molar-refractivity contribution in [1.82, 2.24) is 0 Å². The van der Waals surface area contributed by atoms with Crippen molar-refractivity contribution in [2.75, 3.05) is 0 Å². The van der Waals surface area contributed by atoms with Crippen molar-refractivity contribution >= 4 is 6.08 Å². The number of benzene rings is 2. The highest BCUT2D eigenvalue weighted by atomic mass is 14.0. The van der Waals surface area contributed by atoms with E-state index in [1.807, 2.05) is 12.2 Å². The SMILES string of the molecule is C=C/C=C/c1ccc(-c2ccc(C)cc2)cc1. The molecule has 2 aromatic carbocycles. The number of allylic oxidation sites excluding steroid dienone is 2. The first kappa shape index (κ1) is 11.4. The van der Waals surface area contributed by atoms with E-state index in [2.05, 4.69) is 62.0 Å². The molecule has 2 aromatic rings. The molecule has 0 aliphatic carbocycles. The molecule has 0 saturated carbocycles. The molecule has 0 spiro atoms. The molecule has 0 radical (unpaired) electrons. The molecule has 0 amide bonds. The zero-order valence-corrected chi connectivity index (χ0v) is 10.1. The Bertz CT molecular complexity index is 513. The largest absolute Gasteiger partial charge is 0.0991 e. The van der Waals surface area contributed by atoms with Crippen LogP contribution in [0.25, 0.3) is 17.2 Å². The van der Waals surface area contributed by atoms with Crippen LogP contribution in [0.4, 0.5) is 0 Å². The van der Waals surface area contributed by atoms with Crippen molar-refractivity contribution < 1.29 is 0 Å². The monoisotopic (exact) mass is 220 g/mol. The van der Waals surface area contributed by atoms with Gasteiger partial charge >= 0.3 is 0 Å². The Balaban J connectivity index is 2.26. The second-order valence-corrected chi connectivity index (χ2v) is 4.08. The fourth-order valence-corrected chi connectivity index (χ4v) is 1.71. The number of hydrogen-bond donors (Lipinski definition) is 0. The lowest BCUT2D eigenvalue weighted by atomic mass is 10.0. The Morgan fingerprint density at radius 2 is 1.35 bits per heavy atom. The van der Waals surface area contributed by atoms with Gasteiger partial charge in [0.05, 0.1) is 0 Å². The zero-order chi connectivity index (χ0) is 12.1. The van der Waals surface area contributed by atoms with Crippen LogP contribution in [0.1, 0.15) is 11.1 Å². The molecular formula is C17H16. The van der Waals surface area contributed by atoms with Gasteiger partial charge in [-0.25, -0.2) is 0 Å². The van der Waals surface area contributed by atoms with Gasteiger partial charge in [0.2, 0.25) is 0 Å². The van der Waals surface area contributed by atoms with Crippen LogP contribution in [0, 0.1) is 6.92 Å². The molecule has 0 nitrogen and oxygen atoms in total. The third kappa shape index (κ3) is 2.94. The molecule has 2 rings (SSSR count). The molecule has 84 valence electrons. The second kappa shape index (κ2) is 5.31. The Kier molecular flexibility index (Phi) is 3.56. The van der Waals surface area contributed by atoms with E-state index >= 15 is 0 Å². The molecule has 0 heterocycles. The summed E-state index contributed by atoms with van der Waals surface area (Å²) in [5.41, 5.74) is 5.00. The molecule has 0 N–H and O–H groups in total. The lowest BCUT2D eigenvalue weighted by Crippen LogP contribution is -1.79. The first-order valence-corrected chi connectivity index (χ1v) is 5.76. The molecular weight excluding hydrogens is 204 g/mol. The summed E-state index contributed by atoms with van der Waals surface area (Å²) in [5, 5.41) is 0. The van der Waals surface area contributed by atoms with Crippen molar-refractivity contribution in [1.29, 1.82) is 0 Å². The first-order chi connectivity index (χ1) is 8.29. The van der Waals surface area contributed by atoms with Gasteiger partial charge in [0.25, 0.3) is 0 Å². The van der Waals surface area contributed by atoms with E-state index in [0.29, 0.717) is 0 Å².